The average molecular weight is 449 g/mol. The van der Waals surface area contributed by atoms with Gasteiger partial charge in [0.2, 0.25) is 0 Å². The molecule has 4 aromatic carbocycles. The van der Waals surface area contributed by atoms with Crippen LogP contribution in [-0.2, 0) is 20.8 Å². The van der Waals surface area contributed by atoms with Gasteiger partial charge in [-0.25, -0.2) is 0 Å². The molecule has 0 spiro atoms. The summed E-state index contributed by atoms with van der Waals surface area (Å²) in [4.78, 5) is 0. The van der Waals surface area contributed by atoms with Crippen molar-refractivity contribution >= 4 is 38.6 Å². The first-order valence-electron chi connectivity index (χ1n) is 7.84. The third kappa shape index (κ3) is 7.32. The number of fused-ring (bicyclic) bond motifs is 2. The summed E-state index contributed by atoms with van der Waals surface area (Å²) in [6.07, 6.45) is 0. The van der Waals surface area contributed by atoms with Crippen molar-refractivity contribution in [1.82, 2.24) is 0 Å². The van der Waals surface area contributed by atoms with E-state index in [2.05, 4.69) is 99.8 Å². The predicted octanol–water partition coefficient (Wildman–Crippen LogP) is 7.91. The number of hydrogen-bond acceptors (Lipinski definition) is 0. The van der Waals surface area contributed by atoms with E-state index in [1.165, 1.54) is 32.7 Å². The Labute approximate surface area is 169 Å². The van der Waals surface area contributed by atoms with Crippen LogP contribution in [0.3, 0.4) is 0 Å². The molecule has 0 aliphatic rings. The number of benzene rings is 2. The monoisotopic (exact) mass is 446 g/mol. The molecule has 0 atom stereocenters. The van der Waals surface area contributed by atoms with Crippen molar-refractivity contribution < 1.29 is 20.8 Å². The molecule has 0 aliphatic heterocycles. The molecule has 0 aromatic heterocycles. The zero-order chi connectivity index (χ0) is 18.7. The molecule has 0 unspecified atom stereocenters. The first-order valence-corrected chi connectivity index (χ1v) is 14.2. The molecule has 0 heterocycles. The fourth-order valence-electron chi connectivity index (χ4n) is 2.61. The van der Waals surface area contributed by atoms with Gasteiger partial charge in [0.05, 0.1) is 0 Å². The number of halogens is 2. The molecule has 0 saturated heterocycles. The fraction of sp³-hybridized carbons (Fsp3) is 0.0909. The van der Waals surface area contributed by atoms with E-state index in [1.807, 2.05) is 0 Å². The third-order valence-corrected chi connectivity index (χ3v) is 3.52. The Hall–Kier alpha value is -1.14. The number of rotatable bonds is 0. The van der Waals surface area contributed by atoms with Gasteiger partial charge in [0, 0.05) is 0 Å². The van der Waals surface area contributed by atoms with E-state index in [4.69, 9.17) is 17.0 Å². The van der Waals surface area contributed by atoms with E-state index in [9.17, 15) is 0 Å². The van der Waals surface area contributed by atoms with Gasteiger partial charge < -0.3 is 0 Å². The second-order valence-corrected chi connectivity index (χ2v) is 9.13. The second kappa shape index (κ2) is 12.3. The molecule has 0 radical (unpaired) electrons. The molecule has 0 aliphatic carbocycles. The zero-order valence-corrected chi connectivity index (χ0v) is 18.6. The molecule has 4 rings (SSSR count). The van der Waals surface area contributed by atoms with Crippen molar-refractivity contribution in [2.75, 3.05) is 0 Å². The van der Waals surface area contributed by atoms with Crippen LogP contribution < -0.4 is 0 Å². The first-order chi connectivity index (χ1) is 12.1. The molecule has 25 heavy (non-hydrogen) atoms. The molecule has 3 heteroatoms. The van der Waals surface area contributed by atoms with Crippen LogP contribution in [0, 0.1) is 13.8 Å². The summed E-state index contributed by atoms with van der Waals surface area (Å²) in [5, 5.41) is 5.39. The van der Waals surface area contributed by atoms with Crippen molar-refractivity contribution in [3.8, 4) is 0 Å². The van der Waals surface area contributed by atoms with Gasteiger partial charge in [0.25, 0.3) is 0 Å². The van der Waals surface area contributed by atoms with E-state index >= 15 is 0 Å². The van der Waals surface area contributed by atoms with E-state index in [1.54, 1.807) is 0 Å². The number of hydrogen-bond donors (Lipinski definition) is 0. The Morgan fingerprint density at radius 3 is 1.36 bits per heavy atom. The number of aryl methyl sites for hydroxylation is 2. The summed E-state index contributed by atoms with van der Waals surface area (Å²) in [5.74, 6) is 0. The van der Waals surface area contributed by atoms with Gasteiger partial charge in [-0.3, -0.25) is 0 Å². The topological polar surface area (TPSA) is 0 Å². The molecular formula is C22H22Cl2Zr. The van der Waals surface area contributed by atoms with Crippen molar-refractivity contribution in [1.29, 1.82) is 0 Å². The van der Waals surface area contributed by atoms with Gasteiger partial charge in [0.1, 0.15) is 0 Å². The van der Waals surface area contributed by atoms with E-state index < -0.39 is 20.8 Å². The van der Waals surface area contributed by atoms with Crippen molar-refractivity contribution in [3.05, 3.63) is 97.1 Å². The Morgan fingerprint density at radius 1 is 0.720 bits per heavy atom. The Morgan fingerprint density at radius 2 is 1.04 bits per heavy atom. The second-order valence-electron chi connectivity index (χ2n) is 5.39. The van der Waals surface area contributed by atoms with Gasteiger partial charge in [-0.05, 0) is 0 Å². The molecule has 4 aromatic rings. The van der Waals surface area contributed by atoms with Gasteiger partial charge >= 0.3 is 37.9 Å². The van der Waals surface area contributed by atoms with Crippen molar-refractivity contribution in [2.45, 2.75) is 13.8 Å². The summed E-state index contributed by atoms with van der Waals surface area (Å²) in [6, 6.07) is 25.7. The summed E-state index contributed by atoms with van der Waals surface area (Å²) in [7, 11) is 9.87. The van der Waals surface area contributed by atoms with Crippen LogP contribution in [0.25, 0.3) is 21.5 Å². The summed E-state index contributed by atoms with van der Waals surface area (Å²) in [6.45, 7) is 10.2. The predicted molar refractivity (Wildman–Crippen MR) is 112 cm³/mol. The SMILES string of the molecule is C=C.Cc1cc2ccccc2[cH-]1.Cc1cc2ccccc2[cH-]1.[Cl][Zr+2][Cl]. The molecule has 128 valence electrons. The Bertz CT molecular complexity index is 736. The minimum absolute atomic E-state index is 0.826. The van der Waals surface area contributed by atoms with Crippen LogP contribution in [0.4, 0.5) is 0 Å². The fourth-order valence-corrected chi connectivity index (χ4v) is 2.61. The van der Waals surface area contributed by atoms with Gasteiger partial charge in [0.15, 0.2) is 0 Å². The van der Waals surface area contributed by atoms with Crippen LogP contribution in [0.15, 0.2) is 86.0 Å². The summed E-state index contributed by atoms with van der Waals surface area (Å²) >= 11 is -0.826. The van der Waals surface area contributed by atoms with E-state index in [0.717, 1.165) is 0 Å². The maximum atomic E-state index is 4.93. The van der Waals surface area contributed by atoms with Crippen LogP contribution >= 0.6 is 17.0 Å². The van der Waals surface area contributed by atoms with E-state index in [-0.39, 0.29) is 0 Å². The standard InChI is InChI=1S/2C10H9.C2H4.2ClH.Zr/c2*1-8-6-9-4-2-3-5-10(9)7-8;1-2;;;/h2*2-7H,1H3;1-2H2;2*1H;/q2*-1;;;;+4/p-2. The molecule has 0 bridgehead atoms. The van der Waals surface area contributed by atoms with Crippen LogP contribution in [0.2, 0.25) is 0 Å². The maximum absolute atomic E-state index is 4.93. The van der Waals surface area contributed by atoms with Gasteiger partial charge in [-0.2, -0.15) is 12.1 Å². The molecule has 0 N–H and O–H groups in total. The molecule has 0 fully saturated rings. The van der Waals surface area contributed by atoms with Gasteiger partial charge in [-0.15, -0.1) is 94.4 Å². The van der Waals surface area contributed by atoms with Crippen molar-refractivity contribution in [2.24, 2.45) is 0 Å². The normalized spacial score (nSPS) is 8.96. The average Bonchev–Trinajstić information content (AvgIpc) is 3.18. The first kappa shape index (κ1) is 21.9. The van der Waals surface area contributed by atoms with Crippen molar-refractivity contribution in [3.63, 3.8) is 0 Å². The molecule has 0 nitrogen and oxygen atoms in total. The van der Waals surface area contributed by atoms with Crippen LogP contribution in [0.1, 0.15) is 11.1 Å². The Kier molecular flexibility index (Phi) is 10.7. The Balaban J connectivity index is 0.000000200. The van der Waals surface area contributed by atoms with Gasteiger partial charge in [-0.1, -0.05) is 26.0 Å². The summed E-state index contributed by atoms with van der Waals surface area (Å²) < 4.78 is 0. The molecular weight excluding hydrogens is 426 g/mol. The van der Waals surface area contributed by atoms with Crippen LogP contribution in [-0.4, -0.2) is 0 Å². The quantitative estimate of drug-likeness (QED) is 0.189. The van der Waals surface area contributed by atoms with Crippen LogP contribution in [0.5, 0.6) is 0 Å². The zero-order valence-electron chi connectivity index (χ0n) is 14.6. The minimum atomic E-state index is -0.826. The molecule has 0 amide bonds. The summed E-state index contributed by atoms with van der Waals surface area (Å²) in [5.41, 5.74) is 2.70. The van der Waals surface area contributed by atoms with E-state index in [0.29, 0.717) is 0 Å². The third-order valence-electron chi connectivity index (χ3n) is 3.52. The molecule has 0 saturated carbocycles.